The molecule has 0 radical (unpaired) electrons. The minimum Gasteiger partial charge on any atom is -0.506 e. The SMILES string of the molecule is CC(C)(OC(=O)c1cc2ccccc2c(Br)c1O)C1CCNCC1. The Kier molecular flexibility index (Phi) is 4.83. The summed E-state index contributed by atoms with van der Waals surface area (Å²) >= 11 is 3.39. The summed E-state index contributed by atoms with van der Waals surface area (Å²) in [4.78, 5) is 12.7. The maximum absolute atomic E-state index is 12.7. The van der Waals surface area contributed by atoms with Crippen molar-refractivity contribution in [2.24, 2.45) is 5.92 Å². The fourth-order valence-corrected chi connectivity index (χ4v) is 3.92. The lowest BCUT2D eigenvalue weighted by Crippen LogP contribution is -2.42. The molecule has 1 heterocycles. The molecule has 24 heavy (non-hydrogen) atoms. The van der Waals surface area contributed by atoms with Crippen LogP contribution in [0.15, 0.2) is 34.8 Å². The standard InChI is InChI=1S/C19H22BrNO3/c1-19(2,13-7-9-21-10-8-13)24-18(23)15-11-12-5-3-4-6-14(12)16(20)17(15)22/h3-6,11,13,21-22H,7-10H2,1-2H3. The molecule has 0 aliphatic carbocycles. The molecule has 2 N–H and O–H groups in total. The molecule has 2 aromatic rings. The van der Waals surface area contributed by atoms with Gasteiger partial charge in [-0.3, -0.25) is 0 Å². The smallest absolute Gasteiger partial charge is 0.342 e. The Bertz CT molecular complexity index is 767. The van der Waals surface area contributed by atoms with E-state index in [9.17, 15) is 9.90 Å². The van der Waals surface area contributed by atoms with Crippen LogP contribution in [-0.4, -0.2) is 29.8 Å². The van der Waals surface area contributed by atoms with E-state index in [2.05, 4.69) is 21.2 Å². The summed E-state index contributed by atoms with van der Waals surface area (Å²) in [6.07, 6.45) is 1.96. The first kappa shape index (κ1) is 17.2. The normalized spacial score (nSPS) is 16.3. The van der Waals surface area contributed by atoms with E-state index in [1.807, 2.05) is 38.1 Å². The minimum atomic E-state index is -0.566. The van der Waals surface area contributed by atoms with Gasteiger partial charge in [0, 0.05) is 5.92 Å². The number of benzene rings is 2. The van der Waals surface area contributed by atoms with E-state index in [1.165, 1.54) is 0 Å². The number of phenols is 1. The maximum atomic E-state index is 12.7. The van der Waals surface area contributed by atoms with E-state index in [4.69, 9.17) is 4.74 Å². The van der Waals surface area contributed by atoms with Gasteiger partial charge in [-0.05, 0) is 72.5 Å². The molecule has 1 saturated heterocycles. The lowest BCUT2D eigenvalue weighted by Gasteiger charge is -2.36. The summed E-state index contributed by atoms with van der Waals surface area (Å²) in [6, 6.07) is 9.29. The molecule has 128 valence electrons. The van der Waals surface area contributed by atoms with Crippen molar-refractivity contribution in [3.63, 3.8) is 0 Å². The van der Waals surface area contributed by atoms with Gasteiger partial charge in [-0.2, -0.15) is 0 Å². The average molecular weight is 392 g/mol. The monoisotopic (exact) mass is 391 g/mol. The van der Waals surface area contributed by atoms with E-state index in [1.54, 1.807) is 6.07 Å². The third-order valence-electron chi connectivity index (χ3n) is 4.86. The molecule has 1 aliphatic rings. The predicted molar refractivity (Wildman–Crippen MR) is 98.4 cm³/mol. The number of halogens is 1. The Morgan fingerprint density at radius 2 is 1.96 bits per heavy atom. The van der Waals surface area contributed by atoms with Gasteiger partial charge in [-0.1, -0.05) is 24.3 Å². The second-order valence-electron chi connectivity index (χ2n) is 6.83. The van der Waals surface area contributed by atoms with Crippen molar-refractivity contribution in [2.75, 3.05) is 13.1 Å². The van der Waals surface area contributed by atoms with Gasteiger partial charge in [0.05, 0.1) is 4.47 Å². The van der Waals surface area contributed by atoms with Crippen molar-refractivity contribution in [3.05, 3.63) is 40.4 Å². The number of ether oxygens (including phenoxy) is 1. The van der Waals surface area contributed by atoms with Gasteiger partial charge >= 0.3 is 5.97 Å². The zero-order chi connectivity index (χ0) is 17.3. The molecular formula is C19H22BrNO3. The Labute approximate surface area is 150 Å². The zero-order valence-corrected chi connectivity index (χ0v) is 15.5. The Hall–Kier alpha value is -1.59. The van der Waals surface area contributed by atoms with E-state index >= 15 is 0 Å². The summed E-state index contributed by atoms with van der Waals surface area (Å²) < 4.78 is 6.32. The van der Waals surface area contributed by atoms with E-state index in [0.717, 1.165) is 36.7 Å². The van der Waals surface area contributed by atoms with Crippen LogP contribution in [0.4, 0.5) is 0 Å². The van der Waals surface area contributed by atoms with Gasteiger partial charge in [0.15, 0.2) is 0 Å². The number of piperidine rings is 1. The number of carbonyl (C=O) groups is 1. The summed E-state index contributed by atoms with van der Waals surface area (Å²) in [5.41, 5.74) is -0.369. The predicted octanol–water partition coefficient (Wildman–Crippen LogP) is 4.24. The van der Waals surface area contributed by atoms with E-state index in [-0.39, 0.29) is 11.3 Å². The highest BCUT2D eigenvalue weighted by atomic mass is 79.9. The first-order valence-electron chi connectivity index (χ1n) is 8.24. The molecule has 0 unspecified atom stereocenters. The number of nitrogens with one attached hydrogen (secondary N) is 1. The van der Waals surface area contributed by atoms with Crippen molar-refractivity contribution in [1.29, 1.82) is 0 Å². The largest absolute Gasteiger partial charge is 0.506 e. The zero-order valence-electron chi connectivity index (χ0n) is 13.9. The third-order valence-corrected chi connectivity index (χ3v) is 5.66. The molecule has 0 amide bonds. The van der Waals surface area contributed by atoms with Crippen LogP contribution in [0.3, 0.4) is 0 Å². The summed E-state index contributed by atoms with van der Waals surface area (Å²) in [5.74, 6) is -0.240. The topological polar surface area (TPSA) is 58.6 Å². The van der Waals surface area contributed by atoms with Crippen LogP contribution in [0.1, 0.15) is 37.0 Å². The Morgan fingerprint density at radius 1 is 1.29 bits per heavy atom. The van der Waals surface area contributed by atoms with Gasteiger partial charge in [0.2, 0.25) is 0 Å². The molecule has 0 saturated carbocycles. The fraction of sp³-hybridized carbons (Fsp3) is 0.421. The first-order chi connectivity index (χ1) is 11.4. The van der Waals surface area contributed by atoms with Crippen molar-refractivity contribution in [3.8, 4) is 5.75 Å². The van der Waals surface area contributed by atoms with Crippen LogP contribution >= 0.6 is 15.9 Å². The van der Waals surface area contributed by atoms with E-state index in [0.29, 0.717) is 10.4 Å². The van der Waals surface area contributed by atoms with Crippen molar-refractivity contribution >= 4 is 32.7 Å². The van der Waals surface area contributed by atoms with Crippen LogP contribution in [0.2, 0.25) is 0 Å². The molecule has 0 spiro atoms. The van der Waals surface area contributed by atoms with Crippen LogP contribution < -0.4 is 5.32 Å². The van der Waals surface area contributed by atoms with Gasteiger partial charge in [-0.15, -0.1) is 0 Å². The van der Waals surface area contributed by atoms with Gasteiger partial charge in [0.25, 0.3) is 0 Å². The number of aromatic hydroxyl groups is 1. The molecule has 1 fully saturated rings. The number of esters is 1. The highest BCUT2D eigenvalue weighted by Gasteiger charge is 2.35. The van der Waals surface area contributed by atoms with Crippen molar-refractivity contribution in [2.45, 2.75) is 32.3 Å². The second kappa shape index (κ2) is 6.73. The molecule has 0 aromatic heterocycles. The number of rotatable bonds is 3. The number of hydrogen-bond acceptors (Lipinski definition) is 4. The van der Waals surface area contributed by atoms with Gasteiger partial charge < -0.3 is 15.2 Å². The van der Waals surface area contributed by atoms with Gasteiger partial charge in [0.1, 0.15) is 16.9 Å². The molecule has 3 rings (SSSR count). The molecule has 4 nitrogen and oxygen atoms in total. The second-order valence-corrected chi connectivity index (χ2v) is 7.62. The molecule has 0 atom stereocenters. The third kappa shape index (κ3) is 3.28. The minimum absolute atomic E-state index is 0.0696. The highest BCUT2D eigenvalue weighted by molar-refractivity contribution is 9.10. The molecular weight excluding hydrogens is 370 g/mol. The Morgan fingerprint density at radius 3 is 2.67 bits per heavy atom. The Balaban J connectivity index is 1.89. The molecule has 1 aliphatic heterocycles. The molecule has 0 bridgehead atoms. The highest BCUT2D eigenvalue weighted by Crippen LogP contribution is 2.37. The maximum Gasteiger partial charge on any atom is 0.342 e. The van der Waals surface area contributed by atoms with Crippen molar-refractivity contribution in [1.82, 2.24) is 5.32 Å². The van der Waals surface area contributed by atoms with Crippen LogP contribution in [-0.2, 0) is 4.74 Å². The quantitative estimate of drug-likeness (QED) is 0.768. The van der Waals surface area contributed by atoms with Crippen LogP contribution in [0.5, 0.6) is 5.75 Å². The summed E-state index contributed by atoms with van der Waals surface area (Å²) in [5, 5.41) is 15.5. The molecule has 5 heteroatoms. The number of phenolic OH excluding ortho intramolecular Hbond substituents is 1. The lowest BCUT2D eigenvalue weighted by molar-refractivity contribution is -0.0369. The molecule has 2 aromatic carbocycles. The first-order valence-corrected chi connectivity index (χ1v) is 9.03. The van der Waals surface area contributed by atoms with Crippen LogP contribution in [0, 0.1) is 5.92 Å². The average Bonchev–Trinajstić information content (AvgIpc) is 2.58. The summed E-state index contributed by atoms with van der Waals surface area (Å²) in [7, 11) is 0. The van der Waals surface area contributed by atoms with Gasteiger partial charge in [-0.25, -0.2) is 4.79 Å². The van der Waals surface area contributed by atoms with E-state index < -0.39 is 11.6 Å². The number of carbonyl (C=O) groups excluding carboxylic acids is 1. The summed E-state index contributed by atoms with van der Waals surface area (Å²) in [6.45, 7) is 5.79. The fourth-order valence-electron chi connectivity index (χ4n) is 3.34. The van der Waals surface area contributed by atoms with Crippen molar-refractivity contribution < 1.29 is 14.6 Å². The number of hydrogen-bond donors (Lipinski definition) is 2. The lowest BCUT2D eigenvalue weighted by atomic mass is 9.83. The van der Waals surface area contributed by atoms with Crippen LogP contribution in [0.25, 0.3) is 10.8 Å². The number of fused-ring (bicyclic) bond motifs is 1.